The van der Waals surface area contributed by atoms with Crippen LogP contribution in [0, 0.1) is 24.6 Å². The average molecular weight is 467 g/mol. The fourth-order valence-electron chi connectivity index (χ4n) is 2.63. The molecule has 6 heteroatoms. The van der Waals surface area contributed by atoms with Crippen molar-refractivity contribution in [2.24, 2.45) is 0 Å². The molecule has 0 amide bonds. The Hall–Kier alpha value is -1.55. The molecule has 3 rings (SSSR count). The maximum absolute atomic E-state index is 13.0. The summed E-state index contributed by atoms with van der Waals surface area (Å²) in [4.78, 5) is 2.97. The summed E-state index contributed by atoms with van der Waals surface area (Å²) in [6.07, 6.45) is 1.57. The molecule has 0 spiro atoms. The summed E-state index contributed by atoms with van der Waals surface area (Å²) in [7, 11) is -3.68. The highest BCUT2D eigenvalue weighted by molar-refractivity contribution is 9.12. The van der Waals surface area contributed by atoms with Crippen LogP contribution in [0.5, 0.6) is 0 Å². The second kappa shape index (κ2) is 6.40. The molecule has 0 atom stereocenters. The van der Waals surface area contributed by atoms with Gasteiger partial charge in [0.1, 0.15) is 0 Å². The maximum atomic E-state index is 13.0. The first-order chi connectivity index (χ1) is 11.4. The Labute approximate surface area is 158 Å². The molecule has 24 heavy (non-hydrogen) atoms. The fourth-order valence-corrected chi connectivity index (χ4v) is 5.06. The van der Waals surface area contributed by atoms with E-state index in [1.165, 1.54) is 3.97 Å². The molecule has 0 saturated heterocycles. The van der Waals surface area contributed by atoms with Gasteiger partial charge in [-0.15, -0.1) is 0 Å². The van der Waals surface area contributed by atoms with Crippen molar-refractivity contribution in [1.29, 1.82) is 0 Å². The number of benzene rings is 2. The summed E-state index contributed by atoms with van der Waals surface area (Å²) in [6, 6.07) is 10.5. The lowest BCUT2D eigenvalue weighted by Crippen LogP contribution is -2.12. The predicted molar refractivity (Wildman–Crippen MR) is 104 cm³/mol. The smallest absolute Gasteiger partial charge is 0.240 e. The van der Waals surface area contributed by atoms with Crippen LogP contribution in [0.15, 0.2) is 52.0 Å². The third-order valence-corrected chi connectivity index (χ3v) is 6.33. The van der Waals surface area contributed by atoms with Gasteiger partial charge < -0.3 is 0 Å². The lowest BCUT2D eigenvalue weighted by Gasteiger charge is -2.10. The van der Waals surface area contributed by atoms with Gasteiger partial charge in [0.2, 0.25) is 0 Å². The maximum Gasteiger partial charge on any atom is 0.268 e. The number of aromatic nitrogens is 1. The number of rotatable bonds is 2. The van der Waals surface area contributed by atoms with Crippen LogP contribution in [-0.4, -0.2) is 12.4 Å². The topological polar surface area (TPSA) is 39.1 Å². The zero-order chi connectivity index (χ0) is 17.5. The molecular formula is C18H13Br2NO2S. The number of hydrogen-bond donors (Lipinski definition) is 0. The van der Waals surface area contributed by atoms with E-state index in [4.69, 9.17) is 0 Å². The van der Waals surface area contributed by atoms with E-state index in [1.807, 2.05) is 19.9 Å². The van der Waals surface area contributed by atoms with Gasteiger partial charge in [-0.05, 0) is 64.4 Å². The van der Waals surface area contributed by atoms with Crippen LogP contribution in [0.25, 0.3) is 10.9 Å². The summed E-state index contributed by atoms with van der Waals surface area (Å²) in [5, 5.41) is 0.796. The Balaban J connectivity index is 2.33. The highest BCUT2D eigenvalue weighted by atomic mass is 79.9. The highest BCUT2D eigenvalue weighted by Gasteiger charge is 2.21. The first-order valence-electron chi connectivity index (χ1n) is 7.10. The molecule has 1 heterocycles. The second-order valence-electron chi connectivity index (χ2n) is 5.46. The largest absolute Gasteiger partial charge is 0.268 e. The van der Waals surface area contributed by atoms with Crippen LogP contribution in [0.3, 0.4) is 0 Å². The molecule has 1 aromatic heterocycles. The summed E-state index contributed by atoms with van der Waals surface area (Å²) in [5.41, 5.74) is 3.39. The molecule has 3 nitrogen and oxygen atoms in total. The van der Waals surface area contributed by atoms with Crippen molar-refractivity contribution in [3.05, 3.63) is 63.8 Å². The summed E-state index contributed by atoms with van der Waals surface area (Å²) in [5.74, 6) is 3.00. The molecule has 0 aliphatic rings. The van der Waals surface area contributed by atoms with Gasteiger partial charge >= 0.3 is 0 Å². The minimum Gasteiger partial charge on any atom is -0.240 e. The van der Waals surface area contributed by atoms with Gasteiger partial charge in [0.15, 0.2) is 0 Å². The second-order valence-corrected chi connectivity index (χ2v) is 8.53. The van der Waals surface area contributed by atoms with Gasteiger partial charge in [0.05, 0.1) is 10.4 Å². The van der Waals surface area contributed by atoms with Crippen molar-refractivity contribution in [3.8, 4) is 10.8 Å². The number of halogens is 2. The van der Waals surface area contributed by atoms with Crippen molar-refractivity contribution in [1.82, 2.24) is 3.97 Å². The number of aryl methyl sites for hydroxylation is 2. The van der Waals surface area contributed by atoms with Crippen molar-refractivity contribution in [3.63, 3.8) is 0 Å². The van der Waals surface area contributed by atoms with Crippen LogP contribution < -0.4 is 0 Å². The molecule has 0 unspecified atom stereocenters. The normalized spacial score (nSPS) is 11.3. The monoisotopic (exact) mass is 465 g/mol. The standard InChI is InChI=1S/C18H13Br2NO2S/c1-12-3-5-14(6-4-12)24(22,23)21-10-8-16-15(7-9-19)13(2)11-17(20)18(16)21/h3-6,8,10-11H,1-2H3. The van der Waals surface area contributed by atoms with E-state index in [-0.39, 0.29) is 4.90 Å². The first kappa shape index (κ1) is 17.3. The Kier molecular flexibility index (Phi) is 4.60. The third-order valence-electron chi connectivity index (χ3n) is 3.84. The van der Waals surface area contributed by atoms with E-state index in [2.05, 4.69) is 42.6 Å². The van der Waals surface area contributed by atoms with Crippen LogP contribution in [0.1, 0.15) is 16.7 Å². The number of hydrogen-bond acceptors (Lipinski definition) is 2. The van der Waals surface area contributed by atoms with E-state index in [0.717, 1.165) is 26.5 Å². The van der Waals surface area contributed by atoms with E-state index in [1.54, 1.807) is 36.5 Å². The Bertz CT molecular complexity index is 1100. The van der Waals surface area contributed by atoms with E-state index in [0.29, 0.717) is 5.52 Å². The molecular weight excluding hydrogens is 454 g/mol. The lowest BCUT2D eigenvalue weighted by molar-refractivity contribution is 0.589. The molecule has 0 radical (unpaired) electrons. The highest BCUT2D eigenvalue weighted by Crippen LogP contribution is 2.32. The van der Waals surface area contributed by atoms with Gasteiger partial charge in [0.25, 0.3) is 10.0 Å². The predicted octanol–water partition coefficient (Wildman–Crippen LogP) is 4.96. The van der Waals surface area contributed by atoms with Crippen LogP contribution in [0.2, 0.25) is 0 Å². The quantitative estimate of drug-likeness (QED) is 0.500. The van der Waals surface area contributed by atoms with Gasteiger partial charge in [-0.1, -0.05) is 23.6 Å². The average Bonchev–Trinajstić information content (AvgIpc) is 2.98. The molecule has 122 valence electrons. The molecule has 3 aromatic rings. The fraction of sp³-hybridized carbons (Fsp3) is 0.111. The molecule has 0 aliphatic heterocycles. The van der Waals surface area contributed by atoms with Gasteiger partial charge in [0, 0.05) is 37.5 Å². The van der Waals surface area contributed by atoms with Crippen molar-refractivity contribution in [2.45, 2.75) is 18.7 Å². The lowest BCUT2D eigenvalue weighted by atomic mass is 10.1. The van der Waals surface area contributed by atoms with E-state index < -0.39 is 10.0 Å². The van der Waals surface area contributed by atoms with Crippen LogP contribution in [-0.2, 0) is 10.0 Å². The number of fused-ring (bicyclic) bond motifs is 1. The summed E-state index contributed by atoms with van der Waals surface area (Å²) >= 11 is 6.61. The number of nitrogens with zero attached hydrogens (tertiary/aromatic N) is 1. The first-order valence-corrected chi connectivity index (χ1v) is 10.1. The van der Waals surface area contributed by atoms with E-state index >= 15 is 0 Å². The van der Waals surface area contributed by atoms with Gasteiger partial charge in [-0.2, -0.15) is 0 Å². The van der Waals surface area contributed by atoms with Crippen molar-refractivity contribution < 1.29 is 8.42 Å². The minimum atomic E-state index is -3.68. The Morgan fingerprint density at radius 1 is 1.08 bits per heavy atom. The molecule has 0 bridgehead atoms. The summed E-state index contributed by atoms with van der Waals surface area (Å²) < 4.78 is 28.1. The van der Waals surface area contributed by atoms with E-state index in [9.17, 15) is 8.42 Å². The minimum absolute atomic E-state index is 0.256. The van der Waals surface area contributed by atoms with Crippen LogP contribution >= 0.6 is 31.9 Å². The molecule has 0 aliphatic carbocycles. The van der Waals surface area contributed by atoms with Crippen LogP contribution in [0.4, 0.5) is 0 Å². The van der Waals surface area contributed by atoms with Crippen molar-refractivity contribution >= 4 is 52.8 Å². The zero-order valence-corrected chi connectivity index (χ0v) is 17.0. The van der Waals surface area contributed by atoms with Gasteiger partial charge in [-0.25, -0.2) is 12.4 Å². The Morgan fingerprint density at radius 3 is 2.38 bits per heavy atom. The molecule has 0 fully saturated rings. The van der Waals surface area contributed by atoms with Crippen molar-refractivity contribution in [2.75, 3.05) is 0 Å². The zero-order valence-electron chi connectivity index (χ0n) is 13.0. The molecule has 2 aromatic carbocycles. The SMILES string of the molecule is Cc1ccc(S(=O)(=O)n2ccc3c(C#CBr)c(C)cc(Br)c32)cc1. The summed E-state index contributed by atoms with van der Waals surface area (Å²) in [6.45, 7) is 3.87. The van der Waals surface area contributed by atoms with Gasteiger partial charge in [-0.3, -0.25) is 0 Å². The molecule has 0 N–H and O–H groups in total. The third kappa shape index (κ3) is 2.81. The Morgan fingerprint density at radius 2 is 1.75 bits per heavy atom. The molecule has 0 saturated carbocycles.